The van der Waals surface area contributed by atoms with Crippen molar-refractivity contribution in [1.29, 1.82) is 0 Å². The molecule has 1 aliphatic heterocycles. The van der Waals surface area contributed by atoms with Gasteiger partial charge in [-0.3, -0.25) is 23.7 Å². The minimum atomic E-state index is -5.77. The lowest BCUT2D eigenvalue weighted by atomic mass is 10.1. The summed E-state index contributed by atoms with van der Waals surface area (Å²) in [6.07, 6.45) is -5.57. The smallest absolute Gasteiger partial charge is 0.469 e. The molecule has 0 spiro atoms. The first-order valence-electron chi connectivity index (χ1n) is 9.04. The number of hydrogen-bond donors (Lipinski definition) is 6. The molecular formula is C13H21N2O17P3. The zero-order valence-corrected chi connectivity index (χ0v) is 20.4. The van der Waals surface area contributed by atoms with E-state index < -0.39 is 78.3 Å². The van der Waals surface area contributed by atoms with Crippen LogP contribution < -0.4 is 11.2 Å². The zero-order valence-electron chi connectivity index (χ0n) is 17.7. The van der Waals surface area contributed by atoms with Crippen LogP contribution in [0, 0.1) is 0 Å². The number of hydrogen-bond acceptors (Lipinski definition) is 13. The van der Waals surface area contributed by atoms with Crippen molar-refractivity contribution in [2.45, 2.75) is 31.0 Å². The molecule has 0 saturated carbocycles. The second-order valence-electron chi connectivity index (χ2n) is 6.72. The molecule has 0 amide bonds. The van der Waals surface area contributed by atoms with Crippen molar-refractivity contribution in [3.05, 3.63) is 32.6 Å². The standard InChI is InChI=1S/C13H21N2O17P3/c1-27-8(16)3-6-4-15(13(19)14-11(6)18)12-10(28-2)9(17)7(30-12)5-29-34(23,24)32-35(25,26)31-33(20,21)22/h4,7,9-10,12,17H,3,5H2,1-2H3,(H,23,24)(H,25,26)(H,14,18,19)(H2,20,21,22)/t7-,9-,10-,12-/m1/s1. The number of methoxy groups -OCH3 is 2. The van der Waals surface area contributed by atoms with Crippen LogP contribution in [0.3, 0.4) is 0 Å². The Labute approximate surface area is 194 Å². The lowest BCUT2D eigenvalue weighted by Gasteiger charge is -2.20. The van der Waals surface area contributed by atoms with Gasteiger partial charge < -0.3 is 38.9 Å². The Morgan fingerprint density at radius 3 is 2.29 bits per heavy atom. The van der Waals surface area contributed by atoms with Gasteiger partial charge in [0.15, 0.2) is 6.23 Å². The van der Waals surface area contributed by atoms with Crippen LogP contribution in [0.1, 0.15) is 11.8 Å². The van der Waals surface area contributed by atoms with Crippen LogP contribution in [0.4, 0.5) is 0 Å². The summed E-state index contributed by atoms with van der Waals surface area (Å²) < 4.78 is 61.2. The maximum atomic E-state index is 12.3. The van der Waals surface area contributed by atoms with E-state index in [9.17, 15) is 38.1 Å². The Morgan fingerprint density at radius 2 is 1.74 bits per heavy atom. The Balaban J connectivity index is 2.21. The summed E-state index contributed by atoms with van der Waals surface area (Å²) in [6.45, 7) is -1.03. The zero-order chi connectivity index (χ0) is 26.8. The van der Waals surface area contributed by atoms with Crippen LogP contribution in [0.25, 0.3) is 0 Å². The second kappa shape index (κ2) is 11.2. The van der Waals surface area contributed by atoms with Gasteiger partial charge >= 0.3 is 35.1 Å². The first kappa shape index (κ1) is 29.7. The van der Waals surface area contributed by atoms with Crippen molar-refractivity contribution in [3.8, 4) is 0 Å². The molecule has 1 aromatic heterocycles. The molecule has 6 N–H and O–H groups in total. The van der Waals surface area contributed by atoms with Crippen LogP contribution in [-0.4, -0.2) is 79.3 Å². The highest BCUT2D eigenvalue weighted by atomic mass is 31.3. The summed E-state index contributed by atoms with van der Waals surface area (Å²) in [5, 5.41) is 10.4. The fourth-order valence-electron chi connectivity index (χ4n) is 2.88. The van der Waals surface area contributed by atoms with E-state index in [0.29, 0.717) is 0 Å². The SMILES string of the molecule is COC(=O)Cc1cn([C@@H]2O[C@H](COP(=O)(O)OP(=O)(O)OP(=O)(O)O)[C@@H](O)[C@H]2OC)c(=O)[nH]c1=O. The fourth-order valence-corrected chi connectivity index (χ4v) is 5.91. The summed E-state index contributed by atoms with van der Waals surface area (Å²) in [4.78, 5) is 73.5. The minimum Gasteiger partial charge on any atom is -0.469 e. The van der Waals surface area contributed by atoms with Gasteiger partial charge in [0.1, 0.15) is 18.3 Å². The minimum absolute atomic E-state index is 0.207. The van der Waals surface area contributed by atoms with Crippen molar-refractivity contribution >= 4 is 29.4 Å². The van der Waals surface area contributed by atoms with Crippen molar-refractivity contribution in [3.63, 3.8) is 0 Å². The number of ether oxygens (including phenoxy) is 3. The maximum absolute atomic E-state index is 12.3. The lowest BCUT2D eigenvalue weighted by molar-refractivity contribution is -0.139. The average Bonchev–Trinajstić information content (AvgIpc) is 3.00. The number of aromatic nitrogens is 2. The predicted molar refractivity (Wildman–Crippen MR) is 108 cm³/mol. The molecule has 0 bridgehead atoms. The Hall–Kier alpha value is -1.56. The van der Waals surface area contributed by atoms with Crippen molar-refractivity contribution in [2.75, 3.05) is 20.8 Å². The number of nitrogens with zero attached hydrogens (tertiary/aromatic N) is 1. The van der Waals surface area contributed by atoms with E-state index in [1.165, 1.54) is 0 Å². The van der Waals surface area contributed by atoms with Crippen molar-refractivity contribution in [1.82, 2.24) is 9.55 Å². The van der Waals surface area contributed by atoms with E-state index in [2.05, 4.69) is 17.9 Å². The molecule has 0 aliphatic carbocycles. The first-order valence-corrected chi connectivity index (χ1v) is 13.6. The molecule has 35 heavy (non-hydrogen) atoms. The van der Waals surface area contributed by atoms with Gasteiger partial charge in [-0.05, 0) is 0 Å². The molecule has 1 aliphatic rings. The van der Waals surface area contributed by atoms with E-state index in [1.807, 2.05) is 4.98 Å². The van der Waals surface area contributed by atoms with Crippen LogP contribution in [0.15, 0.2) is 15.8 Å². The summed E-state index contributed by atoms with van der Waals surface area (Å²) in [5.41, 5.74) is -2.13. The Bertz CT molecular complexity index is 1190. The van der Waals surface area contributed by atoms with E-state index in [4.69, 9.17) is 24.2 Å². The number of aliphatic hydroxyl groups excluding tert-OH is 1. The molecule has 0 aromatic carbocycles. The predicted octanol–water partition coefficient (Wildman–Crippen LogP) is -2.13. The molecule has 19 nitrogen and oxygen atoms in total. The van der Waals surface area contributed by atoms with Gasteiger partial charge in [0.25, 0.3) is 5.56 Å². The number of carbonyl (C=O) groups excluding carboxylic acids is 1. The normalized spacial score (nSPS) is 26.1. The Morgan fingerprint density at radius 1 is 1.11 bits per heavy atom. The Kier molecular flexibility index (Phi) is 9.52. The summed E-state index contributed by atoms with van der Waals surface area (Å²) in [7, 11) is -14.7. The number of phosphoric ester groups is 1. The molecule has 2 unspecified atom stereocenters. The molecule has 6 atom stereocenters. The third-order valence-corrected chi connectivity index (χ3v) is 8.08. The van der Waals surface area contributed by atoms with Gasteiger partial charge in [0.05, 0.1) is 20.1 Å². The number of H-pyrrole nitrogens is 1. The summed E-state index contributed by atoms with van der Waals surface area (Å²) in [5.74, 6) is -0.801. The maximum Gasteiger partial charge on any atom is 0.490 e. The average molecular weight is 570 g/mol. The van der Waals surface area contributed by atoms with E-state index >= 15 is 0 Å². The molecule has 2 rings (SSSR count). The second-order valence-corrected chi connectivity index (χ2v) is 11.1. The highest BCUT2D eigenvalue weighted by Gasteiger charge is 2.47. The fraction of sp³-hybridized carbons (Fsp3) is 0.615. The molecule has 22 heteroatoms. The van der Waals surface area contributed by atoms with E-state index in [-0.39, 0.29) is 5.56 Å². The molecular weight excluding hydrogens is 549 g/mol. The molecule has 1 fully saturated rings. The van der Waals surface area contributed by atoms with Crippen molar-refractivity contribution < 1.29 is 70.5 Å². The van der Waals surface area contributed by atoms with Crippen molar-refractivity contribution in [2.24, 2.45) is 0 Å². The number of carbonyl (C=O) groups is 1. The molecule has 0 radical (unpaired) electrons. The van der Waals surface area contributed by atoms with Crippen LogP contribution in [-0.2, 0) is 52.3 Å². The number of aliphatic hydroxyl groups is 1. The topological polar surface area (TPSA) is 280 Å². The molecule has 200 valence electrons. The number of esters is 1. The molecule has 2 heterocycles. The van der Waals surface area contributed by atoms with Gasteiger partial charge in [0, 0.05) is 18.9 Å². The van der Waals surface area contributed by atoms with Gasteiger partial charge in [-0.15, -0.1) is 0 Å². The summed E-state index contributed by atoms with van der Waals surface area (Å²) in [6, 6.07) is 0. The highest BCUT2D eigenvalue weighted by Crippen LogP contribution is 2.66. The monoisotopic (exact) mass is 570 g/mol. The van der Waals surface area contributed by atoms with Gasteiger partial charge in [-0.1, -0.05) is 0 Å². The van der Waals surface area contributed by atoms with E-state index in [1.54, 1.807) is 0 Å². The summed E-state index contributed by atoms with van der Waals surface area (Å²) >= 11 is 0. The lowest BCUT2D eigenvalue weighted by Crippen LogP contribution is -2.40. The largest absolute Gasteiger partial charge is 0.490 e. The third kappa shape index (κ3) is 8.23. The molecule has 1 aromatic rings. The van der Waals surface area contributed by atoms with Crippen LogP contribution in [0.5, 0.6) is 0 Å². The van der Waals surface area contributed by atoms with E-state index in [0.717, 1.165) is 25.0 Å². The van der Waals surface area contributed by atoms with Gasteiger partial charge in [-0.25, -0.2) is 18.5 Å². The number of phosphoric acid groups is 3. The number of aromatic amines is 1. The third-order valence-electron chi connectivity index (χ3n) is 4.28. The van der Waals surface area contributed by atoms with Gasteiger partial charge in [0.2, 0.25) is 0 Å². The highest BCUT2D eigenvalue weighted by molar-refractivity contribution is 7.66. The number of nitrogens with one attached hydrogen (secondary N) is 1. The van der Waals surface area contributed by atoms with Crippen LogP contribution in [0.2, 0.25) is 0 Å². The van der Waals surface area contributed by atoms with Gasteiger partial charge in [-0.2, -0.15) is 8.62 Å². The quantitative estimate of drug-likeness (QED) is 0.122. The first-order chi connectivity index (χ1) is 16.0. The molecule has 1 saturated heterocycles. The van der Waals surface area contributed by atoms with Crippen LogP contribution >= 0.6 is 23.5 Å². The number of rotatable bonds is 11.